The highest BCUT2D eigenvalue weighted by atomic mass is 35.5. The van der Waals surface area contributed by atoms with Gasteiger partial charge < -0.3 is 9.47 Å². The molecule has 0 aliphatic carbocycles. The third-order valence-electron chi connectivity index (χ3n) is 3.14. The minimum atomic E-state index is -0.614. The van der Waals surface area contributed by atoms with Crippen LogP contribution in [0.15, 0.2) is 36.4 Å². The molecule has 0 aromatic heterocycles. The third-order valence-corrected chi connectivity index (χ3v) is 3.61. The summed E-state index contributed by atoms with van der Waals surface area (Å²) in [7, 11) is 3.12. The summed E-state index contributed by atoms with van der Waals surface area (Å²) in [5.41, 5.74) is 2.00. The van der Waals surface area contributed by atoms with E-state index in [0.717, 1.165) is 5.56 Å². The Morgan fingerprint density at radius 3 is 2.30 bits per heavy atom. The molecule has 2 rings (SSSR count). The first kappa shape index (κ1) is 14.7. The monoisotopic (exact) mass is 294 g/mol. The van der Waals surface area contributed by atoms with Gasteiger partial charge in [0.05, 0.1) is 19.6 Å². The fraction of sp³-hybridized carbons (Fsp3) is 0.250. The van der Waals surface area contributed by atoms with E-state index in [1.165, 1.54) is 6.07 Å². The third kappa shape index (κ3) is 2.88. The van der Waals surface area contributed by atoms with E-state index >= 15 is 0 Å². The maximum absolute atomic E-state index is 14.0. The highest BCUT2D eigenvalue weighted by Gasteiger charge is 2.19. The average Bonchev–Trinajstić information content (AvgIpc) is 2.46. The number of hydrogen-bond acceptors (Lipinski definition) is 2. The van der Waals surface area contributed by atoms with Crippen LogP contribution in [0.4, 0.5) is 4.39 Å². The van der Waals surface area contributed by atoms with Gasteiger partial charge in [-0.05, 0) is 30.7 Å². The van der Waals surface area contributed by atoms with E-state index in [2.05, 4.69) is 0 Å². The number of hydrogen-bond donors (Lipinski definition) is 0. The molecule has 0 radical (unpaired) electrons. The first-order valence-corrected chi connectivity index (χ1v) is 6.62. The minimum Gasteiger partial charge on any atom is -0.497 e. The zero-order valence-corrected chi connectivity index (χ0v) is 12.4. The Kier molecular flexibility index (Phi) is 4.50. The van der Waals surface area contributed by atoms with Crippen LogP contribution in [-0.2, 0) is 0 Å². The zero-order chi connectivity index (χ0) is 14.7. The molecular formula is C16H16ClFO2. The molecular weight excluding hydrogens is 279 g/mol. The standard InChI is InChI=1S/C16H16ClFO2/c1-10-4-6-12(14(18)8-10)16(17)13-7-5-11(19-2)9-15(13)20-3/h4-9,16H,1-3H3. The Labute approximate surface area is 123 Å². The molecule has 2 aromatic rings. The molecule has 2 nitrogen and oxygen atoms in total. The Bertz CT molecular complexity index is 613. The Balaban J connectivity index is 2.44. The van der Waals surface area contributed by atoms with Crippen LogP contribution >= 0.6 is 11.6 Å². The molecule has 2 aromatic carbocycles. The van der Waals surface area contributed by atoms with Gasteiger partial charge in [0.15, 0.2) is 0 Å². The molecule has 0 spiro atoms. The fourth-order valence-corrected chi connectivity index (χ4v) is 2.39. The van der Waals surface area contributed by atoms with Gasteiger partial charge in [-0.25, -0.2) is 4.39 Å². The van der Waals surface area contributed by atoms with Crippen LogP contribution < -0.4 is 9.47 Å². The summed E-state index contributed by atoms with van der Waals surface area (Å²) in [4.78, 5) is 0. The molecule has 0 amide bonds. The predicted octanol–water partition coefficient (Wildman–Crippen LogP) is 4.48. The normalized spacial score (nSPS) is 12.1. The van der Waals surface area contributed by atoms with Crippen molar-refractivity contribution in [3.8, 4) is 11.5 Å². The van der Waals surface area contributed by atoms with Gasteiger partial charge in [-0.2, -0.15) is 0 Å². The van der Waals surface area contributed by atoms with Crippen molar-refractivity contribution in [2.24, 2.45) is 0 Å². The highest BCUT2D eigenvalue weighted by molar-refractivity contribution is 6.22. The number of halogens is 2. The first-order valence-electron chi connectivity index (χ1n) is 6.19. The maximum Gasteiger partial charge on any atom is 0.128 e. The molecule has 0 bridgehead atoms. The van der Waals surface area contributed by atoms with Crippen LogP contribution in [0.2, 0.25) is 0 Å². The summed E-state index contributed by atoms with van der Waals surface area (Å²) < 4.78 is 24.5. The summed E-state index contributed by atoms with van der Waals surface area (Å²) in [6.45, 7) is 1.84. The molecule has 0 N–H and O–H groups in total. The molecule has 4 heteroatoms. The number of methoxy groups -OCH3 is 2. The molecule has 20 heavy (non-hydrogen) atoms. The van der Waals surface area contributed by atoms with E-state index in [1.54, 1.807) is 38.5 Å². The number of rotatable bonds is 4. The summed E-state index contributed by atoms with van der Waals surface area (Å²) in [5, 5.41) is -0.614. The number of benzene rings is 2. The topological polar surface area (TPSA) is 18.5 Å². The van der Waals surface area contributed by atoms with Gasteiger partial charge in [-0.1, -0.05) is 12.1 Å². The minimum absolute atomic E-state index is 0.317. The second-order valence-electron chi connectivity index (χ2n) is 4.50. The van der Waals surface area contributed by atoms with Crippen LogP contribution in [0.5, 0.6) is 11.5 Å². The largest absolute Gasteiger partial charge is 0.497 e. The summed E-state index contributed by atoms with van der Waals surface area (Å²) >= 11 is 6.41. The number of ether oxygens (including phenoxy) is 2. The van der Waals surface area contributed by atoms with Crippen molar-refractivity contribution in [3.63, 3.8) is 0 Å². The second kappa shape index (κ2) is 6.14. The van der Waals surface area contributed by atoms with E-state index in [4.69, 9.17) is 21.1 Å². The van der Waals surface area contributed by atoms with Crippen molar-refractivity contribution in [1.29, 1.82) is 0 Å². The van der Waals surface area contributed by atoms with Crippen molar-refractivity contribution < 1.29 is 13.9 Å². The lowest BCUT2D eigenvalue weighted by molar-refractivity contribution is 0.391. The van der Waals surface area contributed by atoms with E-state index in [-0.39, 0.29) is 5.82 Å². The summed E-state index contributed by atoms with van der Waals surface area (Å²) in [6.07, 6.45) is 0. The fourth-order valence-electron chi connectivity index (χ4n) is 2.03. The van der Waals surface area contributed by atoms with Gasteiger partial charge in [0, 0.05) is 17.2 Å². The molecule has 0 heterocycles. The van der Waals surface area contributed by atoms with Crippen LogP contribution in [-0.4, -0.2) is 14.2 Å². The molecule has 106 valence electrons. The lowest BCUT2D eigenvalue weighted by Crippen LogP contribution is -2.01. The van der Waals surface area contributed by atoms with Gasteiger partial charge in [-0.3, -0.25) is 0 Å². The highest BCUT2D eigenvalue weighted by Crippen LogP contribution is 2.38. The SMILES string of the molecule is COc1ccc(C(Cl)c2ccc(C)cc2F)c(OC)c1. The van der Waals surface area contributed by atoms with E-state index in [1.807, 2.05) is 13.0 Å². The van der Waals surface area contributed by atoms with Gasteiger partial charge in [0.25, 0.3) is 0 Å². The Morgan fingerprint density at radius 1 is 1.00 bits per heavy atom. The second-order valence-corrected chi connectivity index (χ2v) is 4.93. The smallest absolute Gasteiger partial charge is 0.128 e. The lowest BCUT2D eigenvalue weighted by Gasteiger charge is -2.16. The molecule has 1 atom stereocenters. The molecule has 0 saturated heterocycles. The van der Waals surface area contributed by atoms with Crippen molar-refractivity contribution in [2.45, 2.75) is 12.3 Å². The van der Waals surface area contributed by atoms with Crippen LogP contribution in [0.1, 0.15) is 22.1 Å². The first-order chi connectivity index (χ1) is 9.56. The summed E-state index contributed by atoms with van der Waals surface area (Å²) in [6, 6.07) is 10.3. The van der Waals surface area contributed by atoms with Crippen molar-refractivity contribution in [2.75, 3.05) is 14.2 Å². The van der Waals surface area contributed by atoms with Gasteiger partial charge >= 0.3 is 0 Å². The zero-order valence-electron chi connectivity index (χ0n) is 11.6. The Morgan fingerprint density at radius 2 is 1.70 bits per heavy atom. The molecule has 0 fully saturated rings. The average molecular weight is 295 g/mol. The Hall–Kier alpha value is -1.74. The molecule has 0 aliphatic heterocycles. The van der Waals surface area contributed by atoms with Crippen molar-refractivity contribution >= 4 is 11.6 Å². The van der Waals surface area contributed by atoms with Crippen molar-refractivity contribution in [3.05, 3.63) is 58.9 Å². The molecule has 1 unspecified atom stereocenters. The van der Waals surface area contributed by atoms with Crippen molar-refractivity contribution in [1.82, 2.24) is 0 Å². The van der Waals surface area contributed by atoms with Crippen LogP contribution in [0.3, 0.4) is 0 Å². The molecule has 0 aliphatic rings. The molecule has 0 saturated carbocycles. The summed E-state index contributed by atoms with van der Waals surface area (Å²) in [5.74, 6) is 0.922. The van der Waals surface area contributed by atoms with Gasteiger partial charge in [0.2, 0.25) is 0 Å². The quantitative estimate of drug-likeness (QED) is 0.774. The van der Waals surface area contributed by atoms with E-state index < -0.39 is 5.38 Å². The number of aryl methyl sites for hydroxylation is 1. The van der Waals surface area contributed by atoms with Crippen LogP contribution in [0, 0.1) is 12.7 Å². The van der Waals surface area contributed by atoms with E-state index in [0.29, 0.717) is 22.6 Å². The number of alkyl halides is 1. The van der Waals surface area contributed by atoms with Gasteiger partial charge in [-0.15, -0.1) is 11.6 Å². The van der Waals surface area contributed by atoms with Gasteiger partial charge in [0.1, 0.15) is 17.3 Å². The lowest BCUT2D eigenvalue weighted by atomic mass is 10.0. The van der Waals surface area contributed by atoms with E-state index in [9.17, 15) is 4.39 Å². The van der Waals surface area contributed by atoms with Crippen LogP contribution in [0.25, 0.3) is 0 Å². The maximum atomic E-state index is 14.0. The predicted molar refractivity (Wildman–Crippen MR) is 78.4 cm³/mol.